The van der Waals surface area contributed by atoms with Crippen molar-refractivity contribution >= 4 is 24.5 Å². The van der Waals surface area contributed by atoms with E-state index >= 15 is 0 Å². The van der Waals surface area contributed by atoms with Crippen LogP contribution in [0.5, 0.6) is 0 Å². The fourth-order valence-corrected chi connectivity index (χ4v) is 2.23. The van der Waals surface area contributed by atoms with Gasteiger partial charge in [0.1, 0.15) is 5.60 Å². The molecule has 0 bridgehead atoms. The first-order valence-corrected chi connectivity index (χ1v) is 8.14. The number of amides is 1. The highest BCUT2D eigenvalue weighted by Gasteiger charge is 2.53. The Hall–Kier alpha value is -1.60. The van der Waals surface area contributed by atoms with E-state index < -0.39 is 30.0 Å². The Morgan fingerprint density at radius 2 is 1.71 bits per heavy atom. The van der Waals surface area contributed by atoms with Gasteiger partial charge in [-0.15, -0.1) is 0 Å². The number of nitrogens with one attached hydrogen (secondary N) is 1. The minimum atomic E-state index is -0.653. The predicted octanol–water partition coefficient (Wildman–Crippen LogP) is 3.04. The summed E-state index contributed by atoms with van der Waals surface area (Å²) in [4.78, 5) is 16.6. The summed E-state index contributed by atoms with van der Waals surface area (Å²) in [5, 5.41) is 2.74. The van der Waals surface area contributed by atoms with Gasteiger partial charge in [0.05, 0.1) is 22.5 Å². The highest BCUT2D eigenvalue weighted by Crippen LogP contribution is 2.36. The Labute approximate surface area is 144 Å². The Morgan fingerprint density at radius 3 is 2.21 bits per heavy atom. The van der Waals surface area contributed by atoms with Crippen molar-refractivity contribution in [3.05, 3.63) is 17.8 Å². The Kier molecular flexibility index (Phi) is 4.72. The third-order valence-electron chi connectivity index (χ3n) is 4.18. The van der Waals surface area contributed by atoms with Gasteiger partial charge in [0, 0.05) is 5.69 Å². The number of ether oxygens (including phenoxy) is 1. The zero-order valence-electron chi connectivity index (χ0n) is 15.8. The second-order valence-electron chi connectivity index (χ2n) is 8.10. The molecule has 1 N–H and O–H groups in total. The van der Waals surface area contributed by atoms with E-state index in [1.165, 1.54) is 0 Å². The molecule has 0 saturated carbocycles. The van der Waals surface area contributed by atoms with Gasteiger partial charge < -0.3 is 14.0 Å². The van der Waals surface area contributed by atoms with Gasteiger partial charge in [-0.05, 0) is 67.5 Å². The fourth-order valence-electron chi connectivity index (χ4n) is 2.23. The number of aryl methyl sites for hydroxylation is 1. The smallest absolute Gasteiger partial charge is 0.444 e. The molecule has 132 valence electrons. The van der Waals surface area contributed by atoms with Crippen molar-refractivity contribution in [2.75, 3.05) is 5.32 Å². The Bertz CT molecular complexity index is 622. The normalized spacial score (nSPS) is 19.2. The summed E-state index contributed by atoms with van der Waals surface area (Å²) < 4.78 is 17.4. The van der Waals surface area contributed by atoms with E-state index in [1.807, 2.05) is 61.5 Å². The lowest BCUT2D eigenvalue weighted by Gasteiger charge is -2.32. The Morgan fingerprint density at radius 1 is 1.17 bits per heavy atom. The number of anilines is 1. The van der Waals surface area contributed by atoms with E-state index in [9.17, 15) is 4.79 Å². The minimum absolute atomic E-state index is 0.480. The molecule has 24 heavy (non-hydrogen) atoms. The maximum absolute atomic E-state index is 12.1. The van der Waals surface area contributed by atoms with Crippen LogP contribution < -0.4 is 10.9 Å². The van der Waals surface area contributed by atoms with E-state index in [4.69, 9.17) is 14.0 Å². The van der Waals surface area contributed by atoms with Crippen molar-refractivity contribution in [2.24, 2.45) is 0 Å². The number of hydrogen-bond acceptors (Lipinski definition) is 5. The van der Waals surface area contributed by atoms with Crippen molar-refractivity contribution in [3.8, 4) is 0 Å². The third-order valence-corrected chi connectivity index (χ3v) is 4.18. The van der Waals surface area contributed by atoms with Gasteiger partial charge in [-0.25, -0.2) is 4.79 Å². The monoisotopic (exact) mass is 334 g/mol. The molecule has 7 heteroatoms. The van der Waals surface area contributed by atoms with Crippen LogP contribution in [-0.2, 0) is 14.0 Å². The maximum Gasteiger partial charge on any atom is 0.516 e. The van der Waals surface area contributed by atoms with Crippen molar-refractivity contribution in [2.45, 2.75) is 72.2 Å². The van der Waals surface area contributed by atoms with E-state index in [0.717, 1.165) is 5.69 Å². The SMILES string of the molecule is Cc1ccc(NC(=O)OC(C)(C)C)c(B2OC(C)(C)C(C)(C)O2)n1. The first-order valence-electron chi connectivity index (χ1n) is 8.14. The van der Waals surface area contributed by atoms with Gasteiger partial charge in [0.15, 0.2) is 0 Å². The molecule has 1 aliphatic heterocycles. The molecular weight excluding hydrogens is 307 g/mol. The van der Waals surface area contributed by atoms with Gasteiger partial charge in [-0.3, -0.25) is 10.3 Å². The lowest BCUT2D eigenvalue weighted by molar-refractivity contribution is 0.00578. The van der Waals surface area contributed by atoms with Crippen molar-refractivity contribution in [3.63, 3.8) is 0 Å². The van der Waals surface area contributed by atoms with Gasteiger partial charge in [0.2, 0.25) is 0 Å². The lowest BCUT2D eigenvalue weighted by atomic mass is 9.82. The first-order chi connectivity index (χ1) is 10.8. The van der Waals surface area contributed by atoms with E-state index in [2.05, 4.69) is 10.3 Å². The molecule has 0 spiro atoms. The molecule has 0 radical (unpaired) electrons. The van der Waals surface area contributed by atoms with Crippen molar-refractivity contribution < 1.29 is 18.8 Å². The maximum atomic E-state index is 12.1. The number of hydrogen-bond donors (Lipinski definition) is 1. The summed E-state index contributed by atoms with van der Waals surface area (Å²) in [6, 6.07) is 3.61. The summed E-state index contributed by atoms with van der Waals surface area (Å²) in [5.74, 6) is 0. The van der Waals surface area contributed by atoms with Crippen LogP contribution in [0, 0.1) is 6.92 Å². The molecule has 1 fully saturated rings. The number of aromatic nitrogens is 1. The van der Waals surface area contributed by atoms with Crippen LogP contribution in [0.15, 0.2) is 12.1 Å². The van der Waals surface area contributed by atoms with Crippen LogP contribution in [0.25, 0.3) is 0 Å². The summed E-state index contributed by atoms with van der Waals surface area (Å²) in [7, 11) is -0.653. The molecule has 1 saturated heterocycles. The molecule has 2 rings (SSSR count). The molecule has 0 atom stereocenters. The summed E-state index contributed by atoms with van der Waals surface area (Å²) in [6.07, 6.45) is -0.536. The molecule has 6 nitrogen and oxygen atoms in total. The van der Waals surface area contributed by atoms with Gasteiger partial charge in [0.25, 0.3) is 0 Å². The standard InChI is InChI=1S/C17H27BN2O4/c1-11-9-10-12(20-14(21)22-15(2,3)4)13(19-11)18-23-16(5,6)17(7,8)24-18/h9-10H,1-8H3,(H,20,21). The van der Waals surface area contributed by atoms with Crippen LogP contribution in [-0.4, -0.2) is 35.0 Å². The number of nitrogens with zero attached hydrogens (tertiary/aromatic N) is 1. The van der Waals surface area contributed by atoms with E-state index in [-0.39, 0.29) is 0 Å². The van der Waals surface area contributed by atoms with Crippen LogP contribution in [0.2, 0.25) is 0 Å². The fraction of sp³-hybridized carbons (Fsp3) is 0.647. The summed E-state index contributed by atoms with van der Waals surface area (Å²) in [5.41, 5.74) is 0.341. The molecular formula is C17H27BN2O4. The molecule has 0 unspecified atom stereocenters. The van der Waals surface area contributed by atoms with Crippen LogP contribution in [0.1, 0.15) is 54.2 Å². The van der Waals surface area contributed by atoms with Gasteiger partial charge >= 0.3 is 13.2 Å². The zero-order valence-corrected chi connectivity index (χ0v) is 15.8. The van der Waals surface area contributed by atoms with Crippen LogP contribution in [0.4, 0.5) is 10.5 Å². The molecule has 0 aliphatic carbocycles. The topological polar surface area (TPSA) is 69.7 Å². The molecule has 0 aromatic carbocycles. The number of carbonyl (C=O) groups excluding carboxylic acids is 1. The van der Waals surface area contributed by atoms with Gasteiger partial charge in [-0.2, -0.15) is 0 Å². The predicted molar refractivity (Wildman–Crippen MR) is 94.5 cm³/mol. The van der Waals surface area contributed by atoms with E-state index in [1.54, 1.807) is 6.07 Å². The molecule has 1 aromatic rings. The average molecular weight is 334 g/mol. The van der Waals surface area contributed by atoms with Gasteiger partial charge in [-0.1, -0.05) is 0 Å². The number of carbonyl (C=O) groups is 1. The number of pyridine rings is 1. The van der Waals surface area contributed by atoms with Crippen molar-refractivity contribution in [1.82, 2.24) is 4.98 Å². The zero-order chi connectivity index (χ0) is 18.3. The third kappa shape index (κ3) is 4.08. The first kappa shape index (κ1) is 18.7. The Balaban J connectivity index is 2.28. The second kappa shape index (κ2) is 6.04. The largest absolute Gasteiger partial charge is 0.516 e. The highest BCUT2D eigenvalue weighted by atomic mass is 16.7. The summed E-state index contributed by atoms with van der Waals surface area (Å²) >= 11 is 0. The van der Waals surface area contributed by atoms with Crippen LogP contribution in [0.3, 0.4) is 0 Å². The minimum Gasteiger partial charge on any atom is -0.444 e. The molecule has 1 aliphatic rings. The molecule has 1 amide bonds. The lowest BCUT2D eigenvalue weighted by Crippen LogP contribution is -2.41. The number of rotatable bonds is 2. The molecule has 1 aromatic heterocycles. The van der Waals surface area contributed by atoms with Crippen LogP contribution >= 0.6 is 0 Å². The quantitative estimate of drug-likeness (QED) is 0.842. The molecule has 2 heterocycles. The average Bonchev–Trinajstić information content (AvgIpc) is 2.58. The van der Waals surface area contributed by atoms with Crippen molar-refractivity contribution in [1.29, 1.82) is 0 Å². The summed E-state index contributed by atoms with van der Waals surface area (Å²) in [6.45, 7) is 15.2. The highest BCUT2D eigenvalue weighted by molar-refractivity contribution is 6.63. The second-order valence-corrected chi connectivity index (χ2v) is 8.10. The van der Waals surface area contributed by atoms with E-state index in [0.29, 0.717) is 11.3 Å².